The number of carbonyl (C=O) groups excluding carboxylic acids is 2. The third-order valence-electron chi connectivity index (χ3n) is 3.91. The van der Waals surface area contributed by atoms with Gasteiger partial charge < -0.3 is 0 Å². The summed E-state index contributed by atoms with van der Waals surface area (Å²) < 4.78 is 27.6. The smallest absolute Gasteiger partial charge is 0.264 e. The van der Waals surface area contributed by atoms with Crippen LogP contribution in [0.25, 0.3) is 0 Å². The molecular weight excluding hydrogens is 286 g/mol. The molecule has 2 fully saturated rings. The molecule has 8 heteroatoms. The van der Waals surface area contributed by atoms with Crippen molar-refractivity contribution in [1.82, 2.24) is 5.06 Å². The highest BCUT2D eigenvalue weighted by Gasteiger charge is 2.59. The summed E-state index contributed by atoms with van der Waals surface area (Å²) in [5.74, 6) is -1.13. The fourth-order valence-electron chi connectivity index (χ4n) is 3.14. The molecule has 2 amide bonds. The first-order valence-corrected chi connectivity index (χ1v) is 8.07. The molecule has 1 saturated heterocycles. The van der Waals surface area contributed by atoms with E-state index in [0.717, 1.165) is 6.42 Å². The van der Waals surface area contributed by atoms with Gasteiger partial charge in [0, 0.05) is 0 Å². The Balaban J connectivity index is 0.000000182. The van der Waals surface area contributed by atoms with Crippen LogP contribution in [0.1, 0.15) is 19.8 Å². The van der Waals surface area contributed by atoms with E-state index in [1.165, 1.54) is 0 Å². The summed E-state index contributed by atoms with van der Waals surface area (Å²) in [5.41, 5.74) is 0. The lowest BCUT2D eigenvalue weighted by Gasteiger charge is -2.13. The second kappa shape index (κ2) is 5.27. The van der Waals surface area contributed by atoms with Crippen molar-refractivity contribution in [2.24, 2.45) is 23.7 Å². The molecule has 0 aromatic heterocycles. The fraction of sp³-hybridized carbons (Fsp3) is 0.667. The molecule has 112 valence electrons. The molecule has 1 saturated carbocycles. The van der Waals surface area contributed by atoms with Crippen LogP contribution in [0.5, 0.6) is 0 Å². The Morgan fingerprint density at radius 2 is 1.65 bits per heavy atom. The van der Waals surface area contributed by atoms with Gasteiger partial charge in [-0.1, -0.05) is 19.1 Å². The highest BCUT2D eigenvalue weighted by molar-refractivity contribution is 7.85. The predicted molar refractivity (Wildman–Crippen MR) is 68.1 cm³/mol. The lowest BCUT2D eigenvalue weighted by atomic mass is 9.85. The Labute approximate surface area is 117 Å². The molecule has 2 bridgehead atoms. The number of hydroxylamine groups is 2. The van der Waals surface area contributed by atoms with Gasteiger partial charge in [0.25, 0.3) is 21.9 Å². The number of amides is 2. The second-order valence-corrected chi connectivity index (χ2v) is 6.85. The SMILES string of the molecule is CCCS(=O)(=O)O.O=C1C2C3C=CC(C3)C2C(=O)N1O. The standard InChI is InChI=1S/C9H9NO3.C3H8O3S/c11-8-6-4-1-2-5(3-4)7(6)9(12)10(8)13;1-2-3-7(4,5)6/h1-2,4-7,13H,3H2;2-3H2,1H3,(H,4,5,6). The van der Waals surface area contributed by atoms with Crippen LogP contribution in [-0.4, -0.2) is 40.8 Å². The predicted octanol–water partition coefficient (Wildman–Crippen LogP) is 0.467. The molecule has 0 radical (unpaired) electrons. The number of imide groups is 1. The molecule has 3 aliphatic rings. The molecule has 0 aromatic rings. The van der Waals surface area contributed by atoms with Crippen molar-refractivity contribution >= 4 is 21.9 Å². The number of hydrogen-bond donors (Lipinski definition) is 2. The summed E-state index contributed by atoms with van der Waals surface area (Å²) in [4.78, 5) is 22.8. The van der Waals surface area contributed by atoms with Crippen molar-refractivity contribution in [3.05, 3.63) is 12.2 Å². The van der Waals surface area contributed by atoms with E-state index in [1.54, 1.807) is 6.92 Å². The van der Waals surface area contributed by atoms with Crippen molar-refractivity contribution < 1.29 is 27.8 Å². The zero-order valence-electron chi connectivity index (χ0n) is 11.0. The Bertz CT molecular complexity index is 524. The molecule has 3 rings (SSSR count). The number of carbonyl (C=O) groups is 2. The van der Waals surface area contributed by atoms with Gasteiger partial charge in [-0.2, -0.15) is 13.5 Å². The van der Waals surface area contributed by atoms with Gasteiger partial charge in [-0.05, 0) is 24.7 Å². The van der Waals surface area contributed by atoms with E-state index in [4.69, 9.17) is 9.76 Å². The Kier molecular flexibility index (Phi) is 3.99. The lowest BCUT2D eigenvalue weighted by Crippen LogP contribution is -2.29. The van der Waals surface area contributed by atoms with Gasteiger partial charge in [0.15, 0.2) is 0 Å². The van der Waals surface area contributed by atoms with Crippen molar-refractivity contribution in [3.8, 4) is 0 Å². The Morgan fingerprint density at radius 1 is 1.20 bits per heavy atom. The average molecular weight is 303 g/mol. The monoisotopic (exact) mass is 303 g/mol. The van der Waals surface area contributed by atoms with E-state index in [9.17, 15) is 18.0 Å². The molecule has 2 aliphatic carbocycles. The van der Waals surface area contributed by atoms with Crippen LogP contribution in [0.15, 0.2) is 12.2 Å². The molecule has 0 spiro atoms. The first kappa shape index (κ1) is 15.1. The first-order valence-electron chi connectivity index (χ1n) is 6.46. The van der Waals surface area contributed by atoms with Crippen LogP contribution in [0, 0.1) is 23.7 Å². The van der Waals surface area contributed by atoms with Crippen LogP contribution in [0.2, 0.25) is 0 Å². The zero-order chi connectivity index (χ0) is 15.1. The summed E-state index contributed by atoms with van der Waals surface area (Å²) in [6.07, 6.45) is 5.37. The van der Waals surface area contributed by atoms with Gasteiger partial charge in [0.2, 0.25) is 0 Å². The summed E-state index contributed by atoms with van der Waals surface area (Å²) >= 11 is 0. The summed E-state index contributed by atoms with van der Waals surface area (Å²) in [6, 6.07) is 0. The van der Waals surface area contributed by atoms with E-state index in [0.29, 0.717) is 11.5 Å². The van der Waals surface area contributed by atoms with Crippen LogP contribution in [0.4, 0.5) is 0 Å². The minimum Gasteiger partial charge on any atom is -0.286 e. The van der Waals surface area contributed by atoms with Gasteiger partial charge in [-0.15, -0.1) is 0 Å². The molecule has 1 heterocycles. The summed E-state index contributed by atoms with van der Waals surface area (Å²) in [6.45, 7) is 1.69. The van der Waals surface area contributed by atoms with Gasteiger partial charge in [-0.25, -0.2) is 0 Å². The van der Waals surface area contributed by atoms with Gasteiger partial charge in [-0.3, -0.25) is 19.3 Å². The Morgan fingerprint density at radius 3 is 1.95 bits per heavy atom. The molecule has 2 N–H and O–H groups in total. The van der Waals surface area contributed by atoms with E-state index in [2.05, 4.69) is 0 Å². The minimum atomic E-state index is -3.67. The third-order valence-corrected chi connectivity index (χ3v) is 4.83. The Hall–Kier alpha value is -1.25. The third kappa shape index (κ3) is 2.63. The van der Waals surface area contributed by atoms with Crippen molar-refractivity contribution in [3.63, 3.8) is 0 Å². The second-order valence-electron chi connectivity index (χ2n) is 5.27. The average Bonchev–Trinajstić information content (AvgIpc) is 2.99. The largest absolute Gasteiger partial charge is 0.286 e. The minimum absolute atomic E-state index is 0.132. The number of allylic oxidation sites excluding steroid dienone is 2. The van der Waals surface area contributed by atoms with Crippen LogP contribution >= 0.6 is 0 Å². The topological polar surface area (TPSA) is 112 Å². The highest BCUT2D eigenvalue weighted by atomic mass is 32.2. The maximum absolute atomic E-state index is 11.4. The zero-order valence-corrected chi connectivity index (χ0v) is 11.8. The molecule has 4 unspecified atom stereocenters. The number of nitrogens with zero attached hydrogens (tertiary/aromatic N) is 1. The van der Waals surface area contributed by atoms with Crippen LogP contribution < -0.4 is 0 Å². The number of hydrogen-bond acceptors (Lipinski definition) is 5. The fourth-order valence-corrected chi connectivity index (χ4v) is 3.66. The van der Waals surface area contributed by atoms with Crippen molar-refractivity contribution in [2.75, 3.05) is 5.75 Å². The van der Waals surface area contributed by atoms with Gasteiger partial charge in [0.1, 0.15) is 0 Å². The molecule has 0 aromatic carbocycles. The van der Waals surface area contributed by atoms with E-state index in [1.807, 2.05) is 12.2 Å². The molecule has 7 nitrogen and oxygen atoms in total. The van der Waals surface area contributed by atoms with Gasteiger partial charge in [0.05, 0.1) is 17.6 Å². The number of fused-ring (bicyclic) bond motifs is 5. The first-order chi connectivity index (χ1) is 9.26. The summed E-state index contributed by atoms with van der Waals surface area (Å²) in [5, 5.41) is 9.45. The van der Waals surface area contributed by atoms with E-state index >= 15 is 0 Å². The van der Waals surface area contributed by atoms with Crippen LogP contribution in [-0.2, 0) is 19.7 Å². The molecule has 20 heavy (non-hydrogen) atoms. The van der Waals surface area contributed by atoms with Gasteiger partial charge >= 0.3 is 0 Å². The summed E-state index contributed by atoms with van der Waals surface area (Å²) in [7, 11) is -3.67. The number of rotatable bonds is 2. The normalized spacial score (nSPS) is 34.2. The quantitative estimate of drug-likeness (QED) is 0.332. The van der Waals surface area contributed by atoms with E-state index < -0.39 is 21.9 Å². The molecular formula is C12H17NO6S. The lowest BCUT2D eigenvalue weighted by molar-refractivity contribution is -0.173. The van der Waals surface area contributed by atoms with E-state index in [-0.39, 0.29) is 29.4 Å². The molecule has 1 aliphatic heterocycles. The highest BCUT2D eigenvalue weighted by Crippen LogP contribution is 2.51. The maximum atomic E-state index is 11.4. The van der Waals surface area contributed by atoms with Crippen molar-refractivity contribution in [1.29, 1.82) is 0 Å². The molecule has 4 atom stereocenters. The van der Waals surface area contributed by atoms with Crippen LogP contribution in [0.3, 0.4) is 0 Å². The van der Waals surface area contributed by atoms with Crippen molar-refractivity contribution in [2.45, 2.75) is 19.8 Å². The maximum Gasteiger partial charge on any atom is 0.264 e.